The van der Waals surface area contributed by atoms with Crippen molar-refractivity contribution < 1.29 is 18.7 Å². The van der Waals surface area contributed by atoms with Gasteiger partial charge in [0.1, 0.15) is 12.4 Å². The highest BCUT2D eigenvalue weighted by atomic mass is 35.5. The van der Waals surface area contributed by atoms with E-state index >= 15 is 0 Å². The minimum absolute atomic E-state index is 0.134. The maximum atomic E-state index is 13.8. The average molecular weight is 393 g/mol. The monoisotopic (exact) mass is 392 g/mol. The molecule has 1 aliphatic rings. The Bertz CT molecular complexity index is 795. The van der Waals surface area contributed by atoms with E-state index in [1.807, 2.05) is 18.2 Å². The Morgan fingerprint density at radius 1 is 1.11 bits per heavy atom. The highest BCUT2D eigenvalue weighted by molar-refractivity contribution is 6.32. The first kappa shape index (κ1) is 19.5. The Morgan fingerprint density at radius 3 is 2.52 bits per heavy atom. The highest BCUT2D eigenvalue weighted by Gasteiger charge is 2.22. The van der Waals surface area contributed by atoms with Crippen LogP contribution in [0.3, 0.4) is 0 Å². The number of piperazine rings is 1. The molecule has 0 saturated carbocycles. The van der Waals surface area contributed by atoms with Crippen LogP contribution < -0.4 is 9.47 Å². The number of para-hydroxylation sites is 1. The van der Waals surface area contributed by atoms with Crippen molar-refractivity contribution in [3.63, 3.8) is 0 Å². The third-order valence-corrected chi connectivity index (χ3v) is 4.87. The Kier molecular flexibility index (Phi) is 6.53. The van der Waals surface area contributed by atoms with Crippen LogP contribution >= 0.6 is 11.6 Å². The summed E-state index contributed by atoms with van der Waals surface area (Å²) < 4.78 is 24.4. The van der Waals surface area contributed by atoms with E-state index in [-0.39, 0.29) is 11.7 Å². The van der Waals surface area contributed by atoms with Crippen molar-refractivity contribution in [3.8, 4) is 11.5 Å². The van der Waals surface area contributed by atoms with Crippen molar-refractivity contribution in [3.05, 3.63) is 58.9 Å². The second-order valence-corrected chi connectivity index (χ2v) is 6.67. The first-order valence-corrected chi connectivity index (χ1v) is 9.19. The molecule has 27 heavy (non-hydrogen) atoms. The SMILES string of the molecule is COc1ccc(C(=O)N2CCN(CCOc3ccccc3Cl)CC2)cc1F. The van der Waals surface area contributed by atoms with E-state index in [9.17, 15) is 9.18 Å². The van der Waals surface area contributed by atoms with Gasteiger partial charge in [0.25, 0.3) is 5.91 Å². The molecule has 0 aromatic heterocycles. The molecule has 7 heteroatoms. The maximum Gasteiger partial charge on any atom is 0.254 e. The molecule has 1 amide bonds. The van der Waals surface area contributed by atoms with Gasteiger partial charge in [0.15, 0.2) is 11.6 Å². The van der Waals surface area contributed by atoms with Crippen LogP contribution in [0.1, 0.15) is 10.4 Å². The molecule has 1 aliphatic heterocycles. The summed E-state index contributed by atoms with van der Waals surface area (Å²) >= 11 is 6.07. The van der Waals surface area contributed by atoms with Gasteiger partial charge in [-0.15, -0.1) is 0 Å². The maximum absolute atomic E-state index is 13.8. The molecular formula is C20H22ClFN2O3. The zero-order valence-electron chi connectivity index (χ0n) is 15.2. The van der Waals surface area contributed by atoms with Gasteiger partial charge < -0.3 is 14.4 Å². The Morgan fingerprint density at radius 2 is 1.85 bits per heavy atom. The van der Waals surface area contributed by atoms with E-state index in [0.29, 0.717) is 36.0 Å². The van der Waals surface area contributed by atoms with Gasteiger partial charge in [-0.1, -0.05) is 23.7 Å². The van der Waals surface area contributed by atoms with Gasteiger partial charge >= 0.3 is 0 Å². The van der Waals surface area contributed by atoms with E-state index in [2.05, 4.69) is 4.90 Å². The van der Waals surface area contributed by atoms with Crippen LogP contribution in [0.15, 0.2) is 42.5 Å². The lowest BCUT2D eigenvalue weighted by atomic mass is 10.1. The predicted octanol–water partition coefficient (Wildman–Crippen LogP) is 3.32. The number of rotatable bonds is 6. The molecule has 2 aromatic carbocycles. The second-order valence-electron chi connectivity index (χ2n) is 6.26. The number of hydrogen-bond donors (Lipinski definition) is 0. The van der Waals surface area contributed by atoms with Crippen molar-refractivity contribution in [1.82, 2.24) is 9.80 Å². The Hall–Kier alpha value is -2.31. The van der Waals surface area contributed by atoms with Crippen LogP contribution in [0.2, 0.25) is 5.02 Å². The van der Waals surface area contributed by atoms with Crippen molar-refractivity contribution >= 4 is 17.5 Å². The summed E-state index contributed by atoms with van der Waals surface area (Å²) in [5.41, 5.74) is 0.337. The molecule has 0 aliphatic carbocycles. The van der Waals surface area contributed by atoms with E-state index in [1.54, 1.807) is 17.0 Å². The van der Waals surface area contributed by atoms with Crippen LogP contribution in [0.4, 0.5) is 4.39 Å². The van der Waals surface area contributed by atoms with Gasteiger partial charge in [-0.3, -0.25) is 9.69 Å². The summed E-state index contributed by atoms with van der Waals surface area (Å²) in [5.74, 6) is 0.117. The van der Waals surface area contributed by atoms with Gasteiger partial charge in [-0.25, -0.2) is 4.39 Å². The molecule has 0 radical (unpaired) electrons. The molecule has 0 unspecified atom stereocenters. The van der Waals surface area contributed by atoms with Crippen molar-refractivity contribution in [2.75, 3.05) is 46.4 Å². The Labute approximate surface area is 163 Å². The number of carbonyl (C=O) groups is 1. The first-order valence-electron chi connectivity index (χ1n) is 8.81. The van der Waals surface area contributed by atoms with E-state index < -0.39 is 5.82 Å². The third-order valence-electron chi connectivity index (χ3n) is 4.56. The third kappa shape index (κ3) is 4.90. The van der Waals surface area contributed by atoms with Crippen LogP contribution in [0.5, 0.6) is 11.5 Å². The largest absolute Gasteiger partial charge is 0.494 e. The summed E-state index contributed by atoms with van der Waals surface area (Å²) in [6.07, 6.45) is 0. The molecule has 2 aromatic rings. The first-order chi connectivity index (χ1) is 13.1. The van der Waals surface area contributed by atoms with Crippen molar-refractivity contribution in [1.29, 1.82) is 0 Å². The number of amides is 1. The summed E-state index contributed by atoms with van der Waals surface area (Å²) in [7, 11) is 1.40. The van der Waals surface area contributed by atoms with Crippen molar-refractivity contribution in [2.45, 2.75) is 0 Å². The second kappa shape index (κ2) is 9.06. The number of hydrogen-bond acceptors (Lipinski definition) is 4. The molecular weight excluding hydrogens is 371 g/mol. The Balaban J connectivity index is 1.46. The normalized spacial score (nSPS) is 14.9. The number of carbonyl (C=O) groups excluding carboxylic acids is 1. The lowest BCUT2D eigenvalue weighted by Crippen LogP contribution is -2.49. The predicted molar refractivity (Wildman–Crippen MR) is 102 cm³/mol. The molecule has 1 fully saturated rings. The van der Waals surface area contributed by atoms with Crippen LogP contribution in [-0.4, -0.2) is 62.1 Å². The van der Waals surface area contributed by atoms with Crippen molar-refractivity contribution in [2.24, 2.45) is 0 Å². The fraction of sp³-hybridized carbons (Fsp3) is 0.350. The minimum atomic E-state index is -0.529. The lowest BCUT2D eigenvalue weighted by molar-refractivity contribution is 0.0620. The molecule has 0 N–H and O–H groups in total. The average Bonchev–Trinajstić information content (AvgIpc) is 2.69. The van der Waals surface area contributed by atoms with Gasteiger partial charge in [0.05, 0.1) is 12.1 Å². The topological polar surface area (TPSA) is 42.0 Å². The number of benzene rings is 2. The molecule has 0 spiro atoms. The fourth-order valence-electron chi connectivity index (χ4n) is 3.00. The standard InChI is InChI=1S/C20H22ClFN2O3/c1-26-19-7-6-15(14-17(19)22)20(25)24-10-8-23(9-11-24)12-13-27-18-5-3-2-4-16(18)21/h2-7,14H,8-13H2,1H3. The van der Waals surface area contributed by atoms with Crippen LogP contribution in [-0.2, 0) is 0 Å². The van der Waals surface area contributed by atoms with E-state index in [0.717, 1.165) is 19.6 Å². The quantitative estimate of drug-likeness (QED) is 0.756. The number of methoxy groups -OCH3 is 1. The van der Waals surface area contributed by atoms with E-state index in [1.165, 1.54) is 19.2 Å². The molecule has 1 heterocycles. The molecule has 5 nitrogen and oxygen atoms in total. The highest BCUT2D eigenvalue weighted by Crippen LogP contribution is 2.23. The fourth-order valence-corrected chi connectivity index (χ4v) is 3.19. The summed E-state index contributed by atoms with van der Waals surface area (Å²) in [5, 5.41) is 0.597. The van der Waals surface area contributed by atoms with Crippen LogP contribution in [0, 0.1) is 5.82 Å². The van der Waals surface area contributed by atoms with Crippen LogP contribution in [0.25, 0.3) is 0 Å². The molecule has 3 rings (SSSR count). The number of nitrogens with zero attached hydrogens (tertiary/aromatic N) is 2. The number of halogens is 2. The molecule has 0 bridgehead atoms. The van der Waals surface area contributed by atoms with Gasteiger partial charge in [0, 0.05) is 38.3 Å². The molecule has 144 valence electrons. The minimum Gasteiger partial charge on any atom is -0.494 e. The van der Waals surface area contributed by atoms with Gasteiger partial charge in [-0.05, 0) is 30.3 Å². The van der Waals surface area contributed by atoms with E-state index in [4.69, 9.17) is 21.1 Å². The summed E-state index contributed by atoms with van der Waals surface area (Å²) in [4.78, 5) is 16.5. The zero-order chi connectivity index (χ0) is 19.2. The molecule has 1 saturated heterocycles. The lowest BCUT2D eigenvalue weighted by Gasteiger charge is -2.34. The van der Waals surface area contributed by atoms with Gasteiger partial charge in [-0.2, -0.15) is 0 Å². The number of ether oxygens (including phenoxy) is 2. The summed E-state index contributed by atoms with van der Waals surface area (Å²) in [6.45, 7) is 3.97. The summed E-state index contributed by atoms with van der Waals surface area (Å²) in [6, 6.07) is 11.7. The molecule has 0 atom stereocenters. The smallest absolute Gasteiger partial charge is 0.254 e. The zero-order valence-corrected chi connectivity index (χ0v) is 15.9. The van der Waals surface area contributed by atoms with Gasteiger partial charge in [0.2, 0.25) is 0 Å².